The van der Waals surface area contributed by atoms with Crippen molar-refractivity contribution in [2.24, 2.45) is 0 Å². The number of benzene rings is 2. The highest BCUT2D eigenvalue weighted by Crippen LogP contribution is 2.36. The van der Waals surface area contributed by atoms with Crippen LogP contribution in [0.5, 0.6) is 11.6 Å². The first-order chi connectivity index (χ1) is 16.6. The fourth-order valence-corrected chi connectivity index (χ4v) is 3.15. The number of para-hydroxylation sites is 1. The molecule has 4 rings (SSSR count). The van der Waals surface area contributed by atoms with Crippen LogP contribution in [0.25, 0.3) is 5.69 Å². The van der Waals surface area contributed by atoms with Crippen molar-refractivity contribution in [1.29, 1.82) is 0 Å². The predicted octanol–water partition coefficient (Wildman–Crippen LogP) is 5.24. The number of halogens is 6. The number of aromatic nitrogens is 4. The Balaban J connectivity index is 1.64. The van der Waals surface area contributed by atoms with E-state index >= 15 is 0 Å². The number of amides is 1. The molecule has 1 amide bonds. The Labute approximate surface area is 198 Å². The Morgan fingerprint density at radius 1 is 1.09 bits per heavy atom. The number of carbonyl (C=O) groups is 1. The molecule has 0 atom stereocenters. The monoisotopic (exact) mass is 510 g/mol. The molecule has 2 heterocycles. The highest BCUT2D eigenvalue weighted by Gasteiger charge is 2.40. The molecule has 0 radical (unpaired) electrons. The molecule has 0 aliphatic heterocycles. The van der Waals surface area contributed by atoms with Crippen molar-refractivity contribution in [1.82, 2.24) is 19.7 Å². The Hall–Kier alpha value is -4.26. The molecule has 0 aliphatic rings. The van der Waals surface area contributed by atoms with E-state index in [1.54, 1.807) is 6.07 Å². The summed E-state index contributed by atoms with van der Waals surface area (Å²) in [7, 11) is 0. The van der Waals surface area contributed by atoms with Gasteiger partial charge in [0.2, 0.25) is 11.6 Å². The summed E-state index contributed by atoms with van der Waals surface area (Å²) in [5, 5.41) is 5.40. The number of nitrogen functional groups attached to an aromatic ring is 1. The topological polar surface area (TPSA) is 108 Å². The molecule has 0 fully saturated rings. The minimum Gasteiger partial charge on any atom is -0.431 e. The van der Waals surface area contributed by atoms with Gasteiger partial charge in [0, 0.05) is 17.8 Å². The van der Waals surface area contributed by atoms with E-state index in [0.717, 1.165) is 6.33 Å². The van der Waals surface area contributed by atoms with Crippen LogP contribution in [0.1, 0.15) is 16.1 Å². The van der Waals surface area contributed by atoms with Gasteiger partial charge in [0.25, 0.3) is 5.91 Å². The van der Waals surface area contributed by atoms with Crippen LogP contribution in [0.15, 0.2) is 55.0 Å². The second-order valence-electron chi connectivity index (χ2n) is 6.86. The largest absolute Gasteiger partial charge is 0.434 e. The van der Waals surface area contributed by atoms with Crippen LogP contribution >= 0.6 is 11.6 Å². The van der Waals surface area contributed by atoms with Crippen LogP contribution in [0.4, 0.5) is 33.5 Å². The maximum atomic E-state index is 14.5. The molecule has 0 aliphatic carbocycles. The lowest BCUT2D eigenvalue weighted by molar-refractivity contribution is -0.143. The number of carbonyl (C=O) groups excluding carboxylic acids is 1. The van der Waals surface area contributed by atoms with Crippen LogP contribution in [-0.2, 0) is 6.18 Å². The minimum atomic E-state index is -4.97. The van der Waals surface area contributed by atoms with Crippen molar-refractivity contribution < 1.29 is 31.5 Å². The molecule has 2 aromatic carbocycles. The molecule has 0 unspecified atom stereocenters. The van der Waals surface area contributed by atoms with Gasteiger partial charge in [0.1, 0.15) is 17.2 Å². The van der Waals surface area contributed by atoms with Gasteiger partial charge in [0.15, 0.2) is 17.3 Å². The van der Waals surface area contributed by atoms with Crippen LogP contribution < -0.4 is 15.8 Å². The van der Waals surface area contributed by atoms with Crippen molar-refractivity contribution in [2.75, 3.05) is 11.1 Å². The van der Waals surface area contributed by atoms with Crippen LogP contribution in [0.2, 0.25) is 5.02 Å². The second-order valence-corrected chi connectivity index (χ2v) is 7.23. The van der Waals surface area contributed by atoms with Crippen molar-refractivity contribution in [2.45, 2.75) is 6.18 Å². The molecule has 14 heteroatoms. The van der Waals surface area contributed by atoms with Gasteiger partial charge < -0.3 is 15.8 Å². The van der Waals surface area contributed by atoms with Gasteiger partial charge in [-0.1, -0.05) is 29.8 Å². The van der Waals surface area contributed by atoms with Gasteiger partial charge >= 0.3 is 6.18 Å². The van der Waals surface area contributed by atoms with Crippen LogP contribution in [0, 0.1) is 11.6 Å². The van der Waals surface area contributed by atoms with E-state index in [0.29, 0.717) is 23.0 Å². The van der Waals surface area contributed by atoms with Crippen molar-refractivity contribution in [3.8, 4) is 17.3 Å². The Morgan fingerprint density at radius 2 is 1.74 bits per heavy atom. The zero-order valence-electron chi connectivity index (χ0n) is 17.1. The lowest BCUT2D eigenvalue weighted by Crippen LogP contribution is -2.20. The molecule has 0 bridgehead atoms. The zero-order chi connectivity index (χ0) is 25.3. The van der Waals surface area contributed by atoms with Gasteiger partial charge in [-0.05, 0) is 12.1 Å². The minimum absolute atomic E-state index is 0.0569. The lowest BCUT2D eigenvalue weighted by atomic mass is 10.2. The van der Waals surface area contributed by atoms with E-state index in [9.17, 15) is 26.7 Å². The number of nitrogens with zero attached hydrogens (tertiary/aromatic N) is 4. The van der Waals surface area contributed by atoms with E-state index in [1.165, 1.54) is 24.3 Å². The molecule has 0 saturated heterocycles. The summed E-state index contributed by atoms with van der Waals surface area (Å²) in [6, 6.07) is 8.60. The number of anilines is 2. The third kappa shape index (κ3) is 4.84. The first-order valence-electron chi connectivity index (χ1n) is 9.51. The summed E-state index contributed by atoms with van der Waals surface area (Å²) in [4.78, 5) is 19.8. The van der Waals surface area contributed by atoms with E-state index in [4.69, 9.17) is 22.1 Å². The summed E-state index contributed by atoms with van der Waals surface area (Å²) in [5.41, 5.74) is 2.84. The van der Waals surface area contributed by atoms with Gasteiger partial charge in [0.05, 0.1) is 17.4 Å². The number of hydrogen-bond donors (Lipinski definition) is 2. The summed E-state index contributed by atoms with van der Waals surface area (Å²) in [6.45, 7) is 0. The Kier molecular flexibility index (Phi) is 6.26. The summed E-state index contributed by atoms with van der Waals surface area (Å²) < 4.78 is 76.0. The van der Waals surface area contributed by atoms with Crippen LogP contribution in [-0.4, -0.2) is 25.7 Å². The Morgan fingerprint density at radius 3 is 2.37 bits per heavy atom. The molecule has 2 aromatic heterocycles. The summed E-state index contributed by atoms with van der Waals surface area (Å²) >= 11 is 5.84. The Bertz CT molecular complexity index is 1390. The van der Waals surface area contributed by atoms with Gasteiger partial charge in [-0.3, -0.25) is 4.79 Å². The zero-order valence-corrected chi connectivity index (χ0v) is 17.9. The molecule has 180 valence electrons. The number of nitrogens with one attached hydrogen (secondary N) is 1. The first-order valence-corrected chi connectivity index (χ1v) is 9.89. The quantitative estimate of drug-likeness (QED) is 0.356. The van der Waals surface area contributed by atoms with E-state index < -0.39 is 52.3 Å². The fraction of sp³-hybridized carbons (Fsp3) is 0.0476. The average Bonchev–Trinajstić information content (AvgIpc) is 3.26. The molecule has 8 nitrogen and oxygen atoms in total. The van der Waals surface area contributed by atoms with Crippen molar-refractivity contribution in [3.05, 3.63) is 82.9 Å². The third-order valence-electron chi connectivity index (χ3n) is 4.52. The number of rotatable bonds is 5. The van der Waals surface area contributed by atoms with Gasteiger partial charge in [-0.25, -0.2) is 18.4 Å². The second kappa shape index (κ2) is 9.18. The molecular weight excluding hydrogens is 499 g/mol. The maximum absolute atomic E-state index is 14.5. The van der Waals surface area contributed by atoms with E-state index in [2.05, 4.69) is 15.1 Å². The maximum Gasteiger partial charge on any atom is 0.434 e. The SMILES string of the molecule is Nc1ncnc(Oc2c(F)cc(NC(=O)c3cnn(-c4ccccc4)c3C(F)(F)F)cc2F)c1Cl. The van der Waals surface area contributed by atoms with Crippen molar-refractivity contribution in [3.63, 3.8) is 0 Å². The number of hydrogen-bond acceptors (Lipinski definition) is 6. The molecule has 0 saturated carbocycles. The van der Waals surface area contributed by atoms with Gasteiger partial charge in [-0.15, -0.1) is 0 Å². The molecule has 0 spiro atoms. The molecular formula is C21H12ClF5N6O2. The lowest BCUT2D eigenvalue weighted by Gasteiger charge is -2.13. The fourth-order valence-electron chi connectivity index (χ4n) is 3.01. The van der Waals surface area contributed by atoms with E-state index in [-0.39, 0.29) is 16.5 Å². The third-order valence-corrected chi connectivity index (χ3v) is 4.88. The van der Waals surface area contributed by atoms with Crippen molar-refractivity contribution >= 4 is 29.0 Å². The standard InChI is InChI=1S/C21H12ClF5N6O2/c22-15-18(28)29-9-30-20(15)35-16-13(23)6-10(7-14(16)24)32-19(34)12-8-31-33(17(12)21(25,26)27)11-4-2-1-3-5-11/h1-9H,(H,32,34)(H2,28,29,30). The average molecular weight is 511 g/mol. The molecule has 3 N–H and O–H groups in total. The highest BCUT2D eigenvalue weighted by molar-refractivity contribution is 6.34. The van der Waals surface area contributed by atoms with Crippen LogP contribution in [0.3, 0.4) is 0 Å². The van der Waals surface area contributed by atoms with Gasteiger partial charge in [-0.2, -0.15) is 23.3 Å². The molecule has 4 aromatic rings. The number of nitrogens with two attached hydrogens (primary N) is 1. The summed E-state index contributed by atoms with van der Waals surface area (Å²) in [6.07, 6.45) is -3.31. The summed E-state index contributed by atoms with van der Waals surface area (Å²) in [5.74, 6) is -5.46. The smallest absolute Gasteiger partial charge is 0.431 e. The normalized spacial score (nSPS) is 11.4. The number of alkyl halides is 3. The number of ether oxygens (including phenoxy) is 1. The predicted molar refractivity (Wildman–Crippen MR) is 114 cm³/mol. The highest BCUT2D eigenvalue weighted by atomic mass is 35.5. The van der Waals surface area contributed by atoms with E-state index in [1.807, 2.05) is 5.32 Å². The first kappa shape index (κ1) is 23.9. The molecule has 35 heavy (non-hydrogen) atoms.